The highest BCUT2D eigenvalue weighted by molar-refractivity contribution is 5.29. The third-order valence-electron chi connectivity index (χ3n) is 5.70. The maximum atomic E-state index is 5.93. The lowest BCUT2D eigenvalue weighted by Gasteiger charge is -2.26. The van der Waals surface area contributed by atoms with Crippen molar-refractivity contribution in [2.45, 2.75) is 91.9 Å². The third kappa shape index (κ3) is 9.14. The number of benzene rings is 1. The summed E-state index contributed by atoms with van der Waals surface area (Å²) >= 11 is 0. The highest BCUT2D eigenvalue weighted by atomic mass is 16.5. The van der Waals surface area contributed by atoms with Crippen LogP contribution in [0.2, 0.25) is 0 Å². The van der Waals surface area contributed by atoms with E-state index in [1.807, 2.05) is 27.7 Å². The Balaban J connectivity index is 0.000000855. The second-order valence-electron chi connectivity index (χ2n) is 7.63. The summed E-state index contributed by atoms with van der Waals surface area (Å²) in [6.07, 6.45) is 10.8. The molecule has 2 fully saturated rings. The summed E-state index contributed by atoms with van der Waals surface area (Å²) in [6, 6.07) is 8.93. The van der Waals surface area contributed by atoms with Crippen molar-refractivity contribution >= 4 is 0 Å². The minimum absolute atomic E-state index is 0.777. The molecule has 0 unspecified atom stereocenters. The zero-order valence-electron chi connectivity index (χ0n) is 18.8. The molecule has 0 atom stereocenters. The lowest BCUT2D eigenvalue weighted by molar-refractivity contribution is 0.205. The zero-order valence-corrected chi connectivity index (χ0v) is 18.8. The Kier molecular flexibility index (Phi) is 13.3. The Morgan fingerprint density at radius 1 is 0.852 bits per heavy atom. The van der Waals surface area contributed by atoms with Crippen molar-refractivity contribution in [1.29, 1.82) is 0 Å². The lowest BCUT2D eigenvalue weighted by atomic mass is 9.79. The molecule has 1 aliphatic heterocycles. The highest BCUT2D eigenvalue weighted by Crippen LogP contribution is 2.35. The number of hydrogen-bond donors (Lipinski definition) is 0. The molecule has 1 aromatic carbocycles. The smallest absolute Gasteiger partial charge is 0.119 e. The van der Waals surface area contributed by atoms with Gasteiger partial charge in [-0.05, 0) is 74.7 Å². The van der Waals surface area contributed by atoms with E-state index in [0.29, 0.717) is 0 Å². The minimum Gasteiger partial charge on any atom is -0.494 e. The fraction of sp³-hybridized carbons (Fsp3) is 0.760. The second kappa shape index (κ2) is 15.0. The van der Waals surface area contributed by atoms with Crippen LogP contribution >= 0.6 is 0 Å². The fourth-order valence-corrected chi connectivity index (χ4v) is 4.09. The normalized spacial score (nSPS) is 22.7. The molecule has 1 aliphatic carbocycles. The van der Waals surface area contributed by atoms with Crippen molar-refractivity contribution in [3.05, 3.63) is 29.8 Å². The summed E-state index contributed by atoms with van der Waals surface area (Å²) < 4.78 is 5.93. The van der Waals surface area contributed by atoms with Crippen LogP contribution in [0.1, 0.15) is 97.5 Å². The molecule has 1 saturated carbocycles. The summed E-state index contributed by atoms with van der Waals surface area (Å²) in [5, 5.41) is 0. The van der Waals surface area contributed by atoms with E-state index in [9.17, 15) is 0 Å². The molecule has 0 bridgehead atoms. The van der Waals surface area contributed by atoms with Crippen molar-refractivity contribution < 1.29 is 4.74 Å². The number of rotatable bonds is 6. The molecule has 1 aromatic rings. The van der Waals surface area contributed by atoms with Crippen molar-refractivity contribution in [1.82, 2.24) is 4.90 Å². The van der Waals surface area contributed by atoms with Crippen LogP contribution < -0.4 is 4.74 Å². The van der Waals surface area contributed by atoms with Crippen LogP contribution in [0.3, 0.4) is 0 Å². The molecule has 0 radical (unpaired) electrons. The Labute approximate surface area is 169 Å². The predicted molar refractivity (Wildman–Crippen MR) is 120 cm³/mol. The van der Waals surface area contributed by atoms with Gasteiger partial charge in [-0.1, -0.05) is 66.0 Å². The van der Waals surface area contributed by atoms with Crippen molar-refractivity contribution in [3.8, 4) is 5.75 Å². The number of ether oxygens (including phenoxy) is 1. The summed E-state index contributed by atoms with van der Waals surface area (Å²) in [5.74, 6) is 2.74. The van der Waals surface area contributed by atoms with E-state index in [-0.39, 0.29) is 0 Å². The molecule has 2 nitrogen and oxygen atoms in total. The van der Waals surface area contributed by atoms with Gasteiger partial charge in [0.15, 0.2) is 0 Å². The molecule has 0 aromatic heterocycles. The molecular weight excluding hydrogens is 330 g/mol. The number of hydrogen-bond acceptors (Lipinski definition) is 2. The molecule has 2 aliphatic rings. The first kappa shape index (κ1) is 24.0. The van der Waals surface area contributed by atoms with Crippen molar-refractivity contribution in [3.63, 3.8) is 0 Å². The maximum absolute atomic E-state index is 5.93. The van der Waals surface area contributed by atoms with Crippen LogP contribution in [0.4, 0.5) is 0 Å². The van der Waals surface area contributed by atoms with Gasteiger partial charge in [-0.2, -0.15) is 0 Å². The van der Waals surface area contributed by atoms with Gasteiger partial charge < -0.3 is 9.64 Å². The molecule has 0 amide bonds. The van der Waals surface area contributed by atoms with E-state index in [1.165, 1.54) is 70.1 Å². The molecule has 3 rings (SSSR count). The van der Waals surface area contributed by atoms with E-state index >= 15 is 0 Å². The van der Waals surface area contributed by atoms with Crippen molar-refractivity contribution in [2.24, 2.45) is 5.92 Å². The van der Waals surface area contributed by atoms with Gasteiger partial charge in [0, 0.05) is 6.54 Å². The van der Waals surface area contributed by atoms with Gasteiger partial charge in [0.25, 0.3) is 0 Å². The average molecular weight is 376 g/mol. The van der Waals surface area contributed by atoms with Gasteiger partial charge >= 0.3 is 0 Å². The highest BCUT2D eigenvalue weighted by Gasteiger charge is 2.19. The molecule has 1 heterocycles. The Hall–Kier alpha value is -1.02. The molecule has 0 spiro atoms. The summed E-state index contributed by atoms with van der Waals surface area (Å²) in [7, 11) is 0. The van der Waals surface area contributed by atoms with Gasteiger partial charge in [-0.3, -0.25) is 0 Å². The molecule has 27 heavy (non-hydrogen) atoms. The van der Waals surface area contributed by atoms with Crippen LogP contribution in [0.15, 0.2) is 24.3 Å². The van der Waals surface area contributed by atoms with Gasteiger partial charge in [0.2, 0.25) is 0 Å². The van der Waals surface area contributed by atoms with Gasteiger partial charge in [-0.15, -0.1) is 0 Å². The Bertz CT molecular complexity index is 442. The number of nitrogens with zero attached hydrogens (tertiary/aromatic N) is 1. The maximum Gasteiger partial charge on any atom is 0.119 e. The quantitative estimate of drug-likeness (QED) is 0.484. The number of piperidine rings is 1. The molecule has 1 saturated heterocycles. The molecule has 156 valence electrons. The zero-order chi connectivity index (χ0) is 19.9. The fourth-order valence-electron chi connectivity index (χ4n) is 4.09. The average Bonchev–Trinajstić information content (AvgIpc) is 2.76. The summed E-state index contributed by atoms with van der Waals surface area (Å²) in [4.78, 5) is 2.58. The monoisotopic (exact) mass is 375 g/mol. The molecule has 2 heteroatoms. The van der Waals surface area contributed by atoms with E-state index in [4.69, 9.17) is 4.74 Å². The largest absolute Gasteiger partial charge is 0.494 e. The van der Waals surface area contributed by atoms with Crippen LogP contribution in [0.5, 0.6) is 5.75 Å². The van der Waals surface area contributed by atoms with Gasteiger partial charge in [0.1, 0.15) is 5.75 Å². The lowest BCUT2D eigenvalue weighted by Crippen LogP contribution is -2.31. The summed E-state index contributed by atoms with van der Waals surface area (Å²) in [5.41, 5.74) is 1.51. The van der Waals surface area contributed by atoms with Gasteiger partial charge in [0.05, 0.1) is 6.61 Å². The molecule has 0 N–H and O–H groups in total. The van der Waals surface area contributed by atoms with Gasteiger partial charge in [-0.25, -0.2) is 0 Å². The van der Waals surface area contributed by atoms with E-state index in [0.717, 1.165) is 30.6 Å². The minimum atomic E-state index is 0.777. The first-order valence-electron chi connectivity index (χ1n) is 11.8. The summed E-state index contributed by atoms with van der Waals surface area (Å²) in [6.45, 7) is 15.0. The Morgan fingerprint density at radius 3 is 2.04 bits per heavy atom. The van der Waals surface area contributed by atoms with Crippen molar-refractivity contribution in [2.75, 3.05) is 26.2 Å². The first-order chi connectivity index (χ1) is 13.3. The van der Waals surface area contributed by atoms with E-state index in [1.54, 1.807) is 0 Å². The van der Waals surface area contributed by atoms with Crippen LogP contribution in [0.25, 0.3) is 0 Å². The van der Waals surface area contributed by atoms with Crippen LogP contribution in [-0.2, 0) is 0 Å². The SMILES string of the molecule is CC.CC.CC1CCC(c2ccc(OCCCN3CCCCC3)cc2)CC1. The Morgan fingerprint density at radius 2 is 1.44 bits per heavy atom. The second-order valence-corrected chi connectivity index (χ2v) is 7.63. The predicted octanol–water partition coefficient (Wildman–Crippen LogP) is 7.29. The molecular formula is C25H45NO. The van der Waals surface area contributed by atoms with E-state index in [2.05, 4.69) is 36.1 Å². The third-order valence-corrected chi connectivity index (χ3v) is 5.70. The standard InChI is InChI=1S/C21H33NO.2C2H6/c1-18-6-8-19(9-7-18)20-10-12-21(13-11-20)23-17-5-16-22-14-3-2-4-15-22;2*1-2/h10-13,18-19H,2-9,14-17H2,1H3;2*1-2H3. The first-order valence-corrected chi connectivity index (χ1v) is 11.8. The van der Waals surface area contributed by atoms with E-state index < -0.39 is 0 Å². The van der Waals surface area contributed by atoms with Crippen LogP contribution in [-0.4, -0.2) is 31.1 Å². The van der Waals surface area contributed by atoms with Crippen LogP contribution in [0, 0.1) is 5.92 Å². The number of likely N-dealkylation sites (tertiary alicyclic amines) is 1. The topological polar surface area (TPSA) is 12.5 Å².